The lowest BCUT2D eigenvalue weighted by atomic mass is 10.0. The predicted molar refractivity (Wildman–Crippen MR) is 77.9 cm³/mol. The molecule has 0 aromatic rings. The van der Waals surface area contributed by atoms with E-state index in [9.17, 15) is 4.79 Å². The average molecular weight is 267 g/mol. The molecule has 2 atom stereocenters. The number of nitrogens with two attached hydrogens (primary N) is 1. The maximum absolute atomic E-state index is 12.7. The van der Waals surface area contributed by atoms with Gasteiger partial charge in [0, 0.05) is 19.1 Å². The van der Waals surface area contributed by atoms with Crippen molar-refractivity contribution in [3.63, 3.8) is 0 Å². The number of carbonyl (C=O) groups excluding carboxylic acids is 1. The van der Waals surface area contributed by atoms with E-state index >= 15 is 0 Å². The molecule has 19 heavy (non-hydrogen) atoms. The number of piperidine rings is 1. The highest BCUT2D eigenvalue weighted by molar-refractivity contribution is 5.82. The lowest BCUT2D eigenvalue weighted by Crippen LogP contribution is -2.54. The van der Waals surface area contributed by atoms with Crippen LogP contribution in [0.3, 0.4) is 0 Å². The Bertz CT molecular complexity index is 287. The molecule has 2 unspecified atom stereocenters. The molecule has 4 nitrogen and oxygen atoms in total. The fourth-order valence-electron chi connectivity index (χ4n) is 3.41. The van der Waals surface area contributed by atoms with Gasteiger partial charge in [0.1, 0.15) is 0 Å². The van der Waals surface area contributed by atoms with Crippen LogP contribution in [0.1, 0.15) is 51.9 Å². The van der Waals surface area contributed by atoms with Crippen LogP contribution < -0.4 is 5.73 Å². The Balaban J connectivity index is 1.96. The molecule has 2 fully saturated rings. The van der Waals surface area contributed by atoms with Crippen molar-refractivity contribution in [2.24, 2.45) is 5.73 Å². The fourth-order valence-corrected chi connectivity index (χ4v) is 3.41. The van der Waals surface area contributed by atoms with Crippen molar-refractivity contribution in [2.45, 2.75) is 64.0 Å². The number of hydrogen-bond acceptors (Lipinski definition) is 3. The highest BCUT2D eigenvalue weighted by atomic mass is 16.2. The van der Waals surface area contributed by atoms with E-state index < -0.39 is 0 Å². The standard InChI is InChI=1S/C15H29N3O/c1-13(17-9-5-2-3-6-10-17)15(19)18-11-7-4-8-14(18)12-16/h13-14H,2-12,16H2,1H3. The molecule has 2 rings (SSSR count). The predicted octanol–water partition coefficient (Wildman–Crippen LogP) is 1.59. The van der Waals surface area contributed by atoms with Crippen LogP contribution in [0.5, 0.6) is 0 Å². The quantitative estimate of drug-likeness (QED) is 0.845. The molecular formula is C15H29N3O. The molecule has 0 saturated carbocycles. The minimum Gasteiger partial charge on any atom is -0.337 e. The maximum Gasteiger partial charge on any atom is 0.239 e. The monoisotopic (exact) mass is 267 g/mol. The van der Waals surface area contributed by atoms with Gasteiger partial charge in [0.25, 0.3) is 0 Å². The molecule has 0 aliphatic carbocycles. The minimum absolute atomic E-state index is 0.0326. The van der Waals surface area contributed by atoms with Crippen molar-refractivity contribution in [3.8, 4) is 0 Å². The van der Waals surface area contributed by atoms with E-state index in [-0.39, 0.29) is 12.1 Å². The second kappa shape index (κ2) is 7.25. The van der Waals surface area contributed by atoms with Crippen molar-refractivity contribution < 1.29 is 4.79 Å². The summed E-state index contributed by atoms with van der Waals surface area (Å²) < 4.78 is 0. The van der Waals surface area contributed by atoms with Crippen LogP contribution in [0, 0.1) is 0 Å². The van der Waals surface area contributed by atoms with Gasteiger partial charge in [0.15, 0.2) is 0 Å². The summed E-state index contributed by atoms with van der Waals surface area (Å²) in [6.07, 6.45) is 8.52. The Morgan fingerprint density at radius 1 is 1.11 bits per heavy atom. The van der Waals surface area contributed by atoms with E-state index in [1.54, 1.807) is 0 Å². The Morgan fingerprint density at radius 2 is 1.74 bits per heavy atom. The summed E-state index contributed by atoms with van der Waals surface area (Å²) in [5.74, 6) is 0.303. The Labute approximate surface area is 117 Å². The summed E-state index contributed by atoms with van der Waals surface area (Å²) in [7, 11) is 0. The molecule has 2 aliphatic rings. The zero-order valence-electron chi connectivity index (χ0n) is 12.3. The van der Waals surface area contributed by atoms with Crippen LogP contribution in [0.15, 0.2) is 0 Å². The molecule has 4 heteroatoms. The van der Waals surface area contributed by atoms with E-state index in [4.69, 9.17) is 5.73 Å². The van der Waals surface area contributed by atoms with Gasteiger partial charge < -0.3 is 10.6 Å². The number of likely N-dealkylation sites (tertiary alicyclic amines) is 2. The third-order valence-electron chi connectivity index (χ3n) is 4.73. The van der Waals surface area contributed by atoms with Gasteiger partial charge in [-0.15, -0.1) is 0 Å². The van der Waals surface area contributed by atoms with E-state index in [1.165, 1.54) is 32.1 Å². The first-order valence-electron chi connectivity index (χ1n) is 7.98. The summed E-state index contributed by atoms with van der Waals surface area (Å²) >= 11 is 0. The van der Waals surface area contributed by atoms with Gasteiger partial charge in [-0.3, -0.25) is 9.69 Å². The van der Waals surface area contributed by atoms with Crippen LogP contribution in [0.25, 0.3) is 0 Å². The molecule has 110 valence electrons. The van der Waals surface area contributed by atoms with Gasteiger partial charge in [0.05, 0.1) is 6.04 Å². The number of nitrogens with zero attached hydrogens (tertiary/aromatic N) is 2. The third kappa shape index (κ3) is 3.69. The first kappa shape index (κ1) is 14.8. The van der Waals surface area contributed by atoms with Crippen molar-refractivity contribution in [3.05, 3.63) is 0 Å². The highest BCUT2D eigenvalue weighted by Gasteiger charge is 2.31. The highest BCUT2D eigenvalue weighted by Crippen LogP contribution is 2.20. The molecule has 1 amide bonds. The molecule has 0 spiro atoms. The molecule has 0 aromatic heterocycles. The van der Waals surface area contributed by atoms with Gasteiger partial charge in [-0.05, 0) is 52.1 Å². The first-order valence-corrected chi connectivity index (χ1v) is 7.98. The van der Waals surface area contributed by atoms with Crippen molar-refractivity contribution in [2.75, 3.05) is 26.2 Å². The third-order valence-corrected chi connectivity index (χ3v) is 4.73. The van der Waals surface area contributed by atoms with Crippen molar-refractivity contribution in [1.29, 1.82) is 0 Å². The van der Waals surface area contributed by atoms with E-state index in [0.717, 1.165) is 32.5 Å². The van der Waals surface area contributed by atoms with E-state index in [1.807, 2.05) is 0 Å². The minimum atomic E-state index is 0.0326. The van der Waals surface area contributed by atoms with Gasteiger partial charge in [0.2, 0.25) is 5.91 Å². The van der Waals surface area contributed by atoms with Gasteiger partial charge >= 0.3 is 0 Å². The largest absolute Gasteiger partial charge is 0.337 e. The topological polar surface area (TPSA) is 49.6 Å². The summed E-state index contributed by atoms with van der Waals surface area (Å²) in [4.78, 5) is 17.1. The second-order valence-corrected chi connectivity index (χ2v) is 6.04. The molecule has 0 radical (unpaired) electrons. The van der Waals surface area contributed by atoms with Gasteiger partial charge in [-0.1, -0.05) is 12.8 Å². The number of carbonyl (C=O) groups is 1. The smallest absolute Gasteiger partial charge is 0.239 e. The van der Waals surface area contributed by atoms with Crippen LogP contribution in [0.2, 0.25) is 0 Å². The number of rotatable bonds is 3. The molecule has 0 aromatic carbocycles. The number of amides is 1. The van der Waals surface area contributed by atoms with Gasteiger partial charge in [-0.2, -0.15) is 0 Å². The molecule has 0 bridgehead atoms. The molecule has 2 heterocycles. The van der Waals surface area contributed by atoms with E-state index in [0.29, 0.717) is 12.5 Å². The normalized spacial score (nSPS) is 27.9. The zero-order valence-corrected chi connectivity index (χ0v) is 12.3. The molecular weight excluding hydrogens is 238 g/mol. The van der Waals surface area contributed by atoms with Crippen LogP contribution in [-0.4, -0.2) is 54.0 Å². The van der Waals surface area contributed by atoms with Crippen molar-refractivity contribution >= 4 is 5.91 Å². The maximum atomic E-state index is 12.7. The van der Waals surface area contributed by atoms with Crippen LogP contribution in [0.4, 0.5) is 0 Å². The SMILES string of the molecule is CC(C(=O)N1CCCCC1CN)N1CCCCCC1. The van der Waals surface area contributed by atoms with E-state index in [2.05, 4.69) is 16.7 Å². The Kier molecular flexibility index (Phi) is 5.64. The Hall–Kier alpha value is -0.610. The average Bonchev–Trinajstić information content (AvgIpc) is 2.74. The van der Waals surface area contributed by atoms with Crippen molar-refractivity contribution in [1.82, 2.24) is 9.80 Å². The van der Waals surface area contributed by atoms with Gasteiger partial charge in [-0.25, -0.2) is 0 Å². The van der Waals surface area contributed by atoms with Crippen LogP contribution in [-0.2, 0) is 4.79 Å². The zero-order chi connectivity index (χ0) is 13.7. The summed E-state index contributed by atoms with van der Waals surface area (Å²) in [6, 6.07) is 0.306. The molecule has 2 N–H and O–H groups in total. The number of hydrogen-bond donors (Lipinski definition) is 1. The second-order valence-electron chi connectivity index (χ2n) is 6.04. The Morgan fingerprint density at radius 3 is 2.37 bits per heavy atom. The fraction of sp³-hybridized carbons (Fsp3) is 0.933. The summed E-state index contributed by atoms with van der Waals surface area (Å²) in [5.41, 5.74) is 5.83. The summed E-state index contributed by atoms with van der Waals surface area (Å²) in [5, 5.41) is 0. The lowest BCUT2D eigenvalue weighted by molar-refractivity contribution is -0.140. The lowest BCUT2D eigenvalue weighted by Gasteiger charge is -2.39. The molecule has 2 aliphatic heterocycles. The first-order chi connectivity index (χ1) is 9.24. The summed E-state index contributed by atoms with van der Waals surface area (Å²) in [6.45, 7) is 5.75. The molecule has 2 saturated heterocycles. The van der Waals surface area contributed by atoms with Crippen LogP contribution >= 0.6 is 0 Å².